The molecular weight excluding hydrogens is 436 g/mol. The fourth-order valence-corrected chi connectivity index (χ4v) is 5.04. The van der Waals surface area contributed by atoms with Crippen molar-refractivity contribution < 1.29 is 14.6 Å². The Morgan fingerprint density at radius 2 is 1.79 bits per heavy atom. The van der Waals surface area contributed by atoms with Crippen LogP contribution in [0.1, 0.15) is 42.9 Å². The molecule has 5 nitrogen and oxygen atoms in total. The number of halogens is 1. The summed E-state index contributed by atoms with van der Waals surface area (Å²) in [6.45, 7) is 2.31. The van der Waals surface area contributed by atoms with Gasteiger partial charge in [-0.2, -0.15) is 0 Å². The third-order valence-corrected chi connectivity index (χ3v) is 6.62. The van der Waals surface area contributed by atoms with Gasteiger partial charge in [0.15, 0.2) is 17.3 Å². The number of para-hydroxylation sites is 2. The zero-order valence-electron chi connectivity index (χ0n) is 18.3. The summed E-state index contributed by atoms with van der Waals surface area (Å²) in [5.74, 6) is 0.560. The number of aromatic hydroxyl groups is 1. The number of anilines is 2. The molecule has 0 saturated heterocycles. The van der Waals surface area contributed by atoms with Gasteiger partial charge in [-0.25, -0.2) is 0 Å². The first-order chi connectivity index (χ1) is 16.0. The van der Waals surface area contributed by atoms with Crippen molar-refractivity contribution >= 4 is 28.8 Å². The second-order valence-electron chi connectivity index (χ2n) is 8.35. The van der Waals surface area contributed by atoms with Gasteiger partial charge in [-0.1, -0.05) is 48.0 Å². The highest BCUT2D eigenvalue weighted by Crippen LogP contribution is 2.46. The van der Waals surface area contributed by atoms with Gasteiger partial charge in [-0.3, -0.25) is 4.79 Å². The zero-order valence-corrected chi connectivity index (χ0v) is 19.0. The standard InChI is InChI=1S/C27H25ClN2O3/c1-2-33-25-15-16(11-12-23(25)31)27-26-22(29-20-9-5-6-10-21(20)30-27)13-17(14-24(26)32)18-7-3-4-8-19(18)28/h3-12,15,17,27,29-31H,2,13-14H2,1H3/t17-,27-/m1/s1. The molecule has 0 spiro atoms. The summed E-state index contributed by atoms with van der Waals surface area (Å²) in [6, 6.07) is 20.5. The number of rotatable bonds is 4. The molecule has 1 heterocycles. The molecule has 0 amide bonds. The number of fused-ring (bicyclic) bond motifs is 1. The van der Waals surface area contributed by atoms with Gasteiger partial charge in [0.05, 0.1) is 24.0 Å². The van der Waals surface area contributed by atoms with E-state index in [4.69, 9.17) is 16.3 Å². The number of hydrogen-bond acceptors (Lipinski definition) is 5. The van der Waals surface area contributed by atoms with Crippen LogP contribution in [0.2, 0.25) is 5.02 Å². The van der Waals surface area contributed by atoms with E-state index in [1.165, 1.54) is 0 Å². The Hall–Kier alpha value is -3.44. The number of allylic oxidation sites excluding steroid dienone is 1. The van der Waals surface area contributed by atoms with Crippen molar-refractivity contribution in [3.8, 4) is 11.5 Å². The molecule has 0 bridgehead atoms. The summed E-state index contributed by atoms with van der Waals surface area (Å²) in [4.78, 5) is 13.6. The van der Waals surface area contributed by atoms with Crippen molar-refractivity contribution in [2.24, 2.45) is 0 Å². The van der Waals surface area contributed by atoms with E-state index < -0.39 is 0 Å². The fourth-order valence-electron chi connectivity index (χ4n) is 4.75. The molecule has 0 saturated carbocycles. The van der Waals surface area contributed by atoms with Crippen LogP contribution in [-0.2, 0) is 4.79 Å². The molecule has 0 aromatic heterocycles. The second kappa shape index (κ2) is 8.83. The van der Waals surface area contributed by atoms with Crippen molar-refractivity contribution in [2.75, 3.05) is 17.2 Å². The maximum absolute atomic E-state index is 13.6. The van der Waals surface area contributed by atoms with E-state index in [0.29, 0.717) is 35.8 Å². The quantitative estimate of drug-likeness (QED) is 0.419. The summed E-state index contributed by atoms with van der Waals surface area (Å²) in [6.07, 6.45) is 1.06. The third-order valence-electron chi connectivity index (χ3n) is 6.27. The summed E-state index contributed by atoms with van der Waals surface area (Å²) < 4.78 is 5.61. The molecule has 0 radical (unpaired) electrons. The average Bonchev–Trinajstić information content (AvgIpc) is 2.98. The number of ether oxygens (including phenoxy) is 1. The number of carbonyl (C=O) groups is 1. The monoisotopic (exact) mass is 460 g/mol. The number of nitrogens with one attached hydrogen (secondary N) is 2. The number of carbonyl (C=O) groups excluding carboxylic acids is 1. The van der Waals surface area contributed by atoms with E-state index in [-0.39, 0.29) is 23.5 Å². The van der Waals surface area contributed by atoms with Crippen molar-refractivity contribution in [1.29, 1.82) is 0 Å². The van der Waals surface area contributed by atoms with Crippen LogP contribution in [0.3, 0.4) is 0 Å². The lowest BCUT2D eigenvalue weighted by atomic mass is 9.78. The Bertz CT molecular complexity index is 1250. The van der Waals surface area contributed by atoms with Crippen LogP contribution >= 0.6 is 11.6 Å². The minimum atomic E-state index is -0.379. The Balaban J connectivity index is 1.62. The Kier molecular flexibility index (Phi) is 5.73. The molecule has 0 unspecified atom stereocenters. The summed E-state index contributed by atoms with van der Waals surface area (Å²) in [5.41, 5.74) is 5.28. The highest BCUT2D eigenvalue weighted by molar-refractivity contribution is 6.31. The van der Waals surface area contributed by atoms with Crippen molar-refractivity contribution in [2.45, 2.75) is 31.7 Å². The normalized spacial score (nSPS) is 19.6. The number of phenols is 1. The highest BCUT2D eigenvalue weighted by atomic mass is 35.5. The predicted molar refractivity (Wildman–Crippen MR) is 131 cm³/mol. The van der Waals surface area contributed by atoms with E-state index >= 15 is 0 Å². The molecule has 2 aliphatic rings. The molecular formula is C27H25ClN2O3. The van der Waals surface area contributed by atoms with Gasteiger partial charge >= 0.3 is 0 Å². The van der Waals surface area contributed by atoms with Gasteiger partial charge in [0.25, 0.3) is 0 Å². The van der Waals surface area contributed by atoms with Crippen LogP contribution in [-0.4, -0.2) is 17.5 Å². The van der Waals surface area contributed by atoms with Crippen molar-refractivity contribution in [1.82, 2.24) is 0 Å². The minimum absolute atomic E-state index is 0.00201. The number of hydrogen-bond donors (Lipinski definition) is 3. The SMILES string of the molecule is CCOc1cc([C@H]2Nc3ccccc3NC3=C2C(=O)C[C@H](c2ccccc2Cl)C3)ccc1O. The Morgan fingerprint density at radius 3 is 2.58 bits per heavy atom. The number of benzene rings is 3. The third kappa shape index (κ3) is 4.05. The summed E-state index contributed by atoms with van der Waals surface area (Å²) in [7, 11) is 0. The molecule has 3 aromatic rings. The molecule has 6 heteroatoms. The molecule has 2 atom stereocenters. The number of phenolic OH excluding ortho intramolecular Hbond substituents is 1. The van der Waals surface area contributed by atoms with Gasteiger partial charge in [0.2, 0.25) is 0 Å². The zero-order chi connectivity index (χ0) is 22.9. The van der Waals surface area contributed by atoms with Crippen molar-refractivity contribution in [3.63, 3.8) is 0 Å². The van der Waals surface area contributed by atoms with Crippen LogP contribution < -0.4 is 15.4 Å². The van der Waals surface area contributed by atoms with E-state index in [0.717, 1.165) is 28.2 Å². The Morgan fingerprint density at radius 1 is 1.03 bits per heavy atom. The van der Waals surface area contributed by atoms with Crippen LogP contribution in [0.5, 0.6) is 11.5 Å². The molecule has 1 aliphatic heterocycles. The van der Waals surface area contributed by atoms with Gasteiger partial charge < -0.3 is 20.5 Å². The Labute approximate surface area is 198 Å². The molecule has 33 heavy (non-hydrogen) atoms. The molecule has 3 N–H and O–H groups in total. The maximum Gasteiger partial charge on any atom is 0.163 e. The van der Waals surface area contributed by atoms with E-state index in [1.807, 2.05) is 67.6 Å². The lowest BCUT2D eigenvalue weighted by Crippen LogP contribution is -2.27. The molecule has 3 aromatic carbocycles. The van der Waals surface area contributed by atoms with Crippen LogP contribution in [0, 0.1) is 0 Å². The second-order valence-corrected chi connectivity index (χ2v) is 8.76. The van der Waals surface area contributed by atoms with Gasteiger partial charge in [-0.05, 0) is 60.7 Å². The van der Waals surface area contributed by atoms with Crippen LogP contribution in [0.25, 0.3) is 0 Å². The first-order valence-electron chi connectivity index (χ1n) is 11.1. The summed E-state index contributed by atoms with van der Waals surface area (Å²) >= 11 is 6.48. The molecule has 168 valence electrons. The maximum atomic E-state index is 13.6. The highest BCUT2D eigenvalue weighted by Gasteiger charge is 2.36. The van der Waals surface area contributed by atoms with Crippen molar-refractivity contribution in [3.05, 3.63) is 94.1 Å². The smallest absolute Gasteiger partial charge is 0.163 e. The topological polar surface area (TPSA) is 70.6 Å². The lowest BCUT2D eigenvalue weighted by molar-refractivity contribution is -0.116. The van der Waals surface area contributed by atoms with E-state index in [2.05, 4.69) is 10.6 Å². The van der Waals surface area contributed by atoms with E-state index in [1.54, 1.807) is 6.07 Å². The average molecular weight is 461 g/mol. The number of Topliss-reactive ketones (excluding diaryl/α,β-unsaturated/α-hetero) is 1. The summed E-state index contributed by atoms with van der Waals surface area (Å²) in [5, 5.41) is 18.0. The fraction of sp³-hybridized carbons (Fsp3) is 0.222. The van der Waals surface area contributed by atoms with Crippen LogP contribution in [0.15, 0.2) is 78.0 Å². The first-order valence-corrected chi connectivity index (χ1v) is 11.5. The van der Waals surface area contributed by atoms with Crippen LogP contribution in [0.4, 0.5) is 11.4 Å². The molecule has 0 fully saturated rings. The van der Waals surface area contributed by atoms with Gasteiger partial charge in [0, 0.05) is 22.7 Å². The van der Waals surface area contributed by atoms with E-state index in [9.17, 15) is 9.90 Å². The van der Waals surface area contributed by atoms with Gasteiger partial charge in [0.1, 0.15) is 0 Å². The molecule has 5 rings (SSSR count). The number of ketones is 1. The van der Waals surface area contributed by atoms with Gasteiger partial charge in [-0.15, -0.1) is 0 Å². The molecule has 1 aliphatic carbocycles. The minimum Gasteiger partial charge on any atom is -0.504 e. The first kappa shape index (κ1) is 21.4. The predicted octanol–water partition coefficient (Wildman–Crippen LogP) is 6.42. The largest absolute Gasteiger partial charge is 0.504 e. The lowest BCUT2D eigenvalue weighted by Gasteiger charge is -2.30.